The zero-order chi connectivity index (χ0) is 12.4. The molecule has 0 saturated heterocycles. The molecular weight excluding hydrogens is 254 g/mol. The second-order valence-electron chi connectivity index (χ2n) is 4.73. The van der Waals surface area contributed by atoms with Crippen LogP contribution in [-0.2, 0) is 11.2 Å². The predicted molar refractivity (Wildman–Crippen MR) is 70.6 cm³/mol. The molecule has 0 bridgehead atoms. The molecule has 1 heterocycles. The molecule has 1 unspecified atom stereocenters. The van der Waals surface area contributed by atoms with Gasteiger partial charge in [0.15, 0.2) is 0 Å². The molecule has 1 fully saturated rings. The lowest BCUT2D eigenvalue weighted by Crippen LogP contribution is -2.42. The standard InChI is InChI=1S/C12H19N3O2.ClH/c1-7-10(8(2)17-15-7)5-12(16)14-11(6-13)9-3-4-9;/h9,11H,3-6,13H2,1-2H3,(H,14,16);1H. The maximum Gasteiger partial charge on any atom is 0.224 e. The highest BCUT2D eigenvalue weighted by atomic mass is 35.5. The fourth-order valence-electron chi connectivity index (χ4n) is 2.04. The van der Waals surface area contributed by atoms with Gasteiger partial charge in [0, 0.05) is 18.2 Å². The molecule has 1 saturated carbocycles. The van der Waals surface area contributed by atoms with Gasteiger partial charge in [0.25, 0.3) is 0 Å². The van der Waals surface area contributed by atoms with Gasteiger partial charge in [0.1, 0.15) is 5.76 Å². The number of amides is 1. The van der Waals surface area contributed by atoms with Gasteiger partial charge in [-0.25, -0.2) is 0 Å². The van der Waals surface area contributed by atoms with Crippen LogP contribution in [0.25, 0.3) is 0 Å². The van der Waals surface area contributed by atoms with Crippen LogP contribution in [0.3, 0.4) is 0 Å². The van der Waals surface area contributed by atoms with E-state index in [2.05, 4.69) is 10.5 Å². The van der Waals surface area contributed by atoms with E-state index in [0.29, 0.717) is 24.6 Å². The summed E-state index contributed by atoms with van der Waals surface area (Å²) in [5.74, 6) is 1.30. The van der Waals surface area contributed by atoms with Gasteiger partial charge in [-0.05, 0) is 32.6 Å². The lowest BCUT2D eigenvalue weighted by molar-refractivity contribution is -0.121. The summed E-state index contributed by atoms with van der Waals surface area (Å²) in [7, 11) is 0. The lowest BCUT2D eigenvalue weighted by Gasteiger charge is -2.15. The summed E-state index contributed by atoms with van der Waals surface area (Å²) < 4.78 is 5.03. The summed E-state index contributed by atoms with van der Waals surface area (Å²) >= 11 is 0. The fourth-order valence-corrected chi connectivity index (χ4v) is 2.04. The Labute approximate surface area is 113 Å². The number of nitrogens with two attached hydrogens (primary N) is 1. The van der Waals surface area contributed by atoms with E-state index in [1.807, 2.05) is 13.8 Å². The number of aromatic nitrogens is 1. The first kappa shape index (κ1) is 15.0. The predicted octanol–water partition coefficient (Wildman–Crippen LogP) is 1.11. The summed E-state index contributed by atoms with van der Waals surface area (Å²) in [6.07, 6.45) is 2.67. The van der Waals surface area contributed by atoms with Crippen molar-refractivity contribution in [3.63, 3.8) is 0 Å². The normalized spacial score (nSPS) is 15.9. The first-order chi connectivity index (χ1) is 8.11. The molecule has 1 atom stereocenters. The number of aryl methyl sites for hydroxylation is 2. The van der Waals surface area contributed by atoms with Crippen LogP contribution in [0.15, 0.2) is 4.52 Å². The molecule has 102 valence electrons. The van der Waals surface area contributed by atoms with E-state index in [9.17, 15) is 4.79 Å². The van der Waals surface area contributed by atoms with Crippen molar-refractivity contribution in [2.24, 2.45) is 11.7 Å². The Bertz CT molecular complexity index is 396. The minimum Gasteiger partial charge on any atom is -0.361 e. The van der Waals surface area contributed by atoms with Crippen molar-refractivity contribution in [1.29, 1.82) is 0 Å². The number of hydrogen-bond donors (Lipinski definition) is 2. The van der Waals surface area contributed by atoms with Gasteiger partial charge < -0.3 is 15.6 Å². The SMILES string of the molecule is Cc1noc(C)c1CC(=O)NC(CN)C1CC1.Cl. The highest BCUT2D eigenvalue weighted by Gasteiger charge is 2.31. The molecule has 0 aliphatic heterocycles. The highest BCUT2D eigenvalue weighted by Crippen LogP contribution is 2.32. The molecule has 0 aromatic carbocycles. The molecule has 18 heavy (non-hydrogen) atoms. The van der Waals surface area contributed by atoms with Gasteiger partial charge in [0.2, 0.25) is 5.91 Å². The third-order valence-electron chi connectivity index (χ3n) is 3.31. The average molecular weight is 274 g/mol. The summed E-state index contributed by atoms with van der Waals surface area (Å²) in [6.45, 7) is 4.18. The number of nitrogens with zero attached hydrogens (tertiary/aromatic N) is 1. The second-order valence-corrected chi connectivity index (χ2v) is 4.73. The molecule has 2 rings (SSSR count). The molecule has 0 spiro atoms. The zero-order valence-electron chi connectivity index (χ0n) is 10.7. The maximum atomic E-state index is 11.9. The zero-order valence-corrected chi connectivity index (χ0v) is 11.5. The Morgan fingerprint density at radius 3 is 2.67 bits per heavy atom. The maximum absolute atomic E-state index is 11.9. The van der Waals surface area contributed by atoms with Gasteiger partial charge in [-0.2, -0.15) is 0 Å². The third kappa shape index (κ3) is 3.46. The monoisotopic (exact) mass is 273 g/mol. The Balaban J connectivity index is 0.00000162. The molecule has 5 nitrogen and oxygen atoms in total. The van der Waals surface area contributed by atoms with Crippen LogP contribution in [0.4, 0.5) is 0 Å². The summed E-state index contributed by atoms with van der Waals surface area (Å²) in [5.41, 5.74) is 7.32. The molecule has 1 aliphatic carbocycles. The molecule has 1 aromatic rings. The minimum atomic E-state index is 0. The summed E-state index contributed by atoms with van der Waals surface area (Å²) in [5, 5.41) is 6.82. The number of halogens is 1. The van der Waals surface area contributed by atoms with Gasteiger partial charge >= 0.3 is 0 Å². The van der Waals surface area contributed by atoms with Crippen molar-refractivity contribution in [2.75, 3.05) is 6.54 Å². The van der Waals surface area contributed by atoms with Crippen LogP contribution in [-0.4, -0.2) is 23.7 Å². The molecule has 0 radical (unpaired) electrons. The van der Waals surface area contributed by atoms with Gasteiger partial charge in [-0.3, -0.25) is 4.79 Å². The molecule has 6 heteroatoms. The van der Waals surface area contributed by atoms with E-state index in [1.165, 1.54) is 12.8 Å². The smallest absolute Gasteiger partial charge is 0.224 e. The molecule has 1 aliphatic rings. The summed E-state index contributed by atoms with van der Waals surface area (Å²) in [4.78, 5) is 11.9. The van der Waals surface area contributed by atoms with Crippen molar-refractivity contribution in [2.45, 2.75) is 39.2 Å². The molecule has 1 amide bonds. The van der Waals surface area contributed by atoms with Crippen molar-refractivity contribution in [3.05, 3.63) is 17.0 Å². The van der Waals surface area contributed by atoms with E-state index in [0.717, 1.165) is 11.3 Å². The second kappa shape index (κ2) is 6.20. The average Bonchev–Trinajstić information content (AvgIpc) is 3.09. The molecular formula is C12H20ClN3O2. The Hall–Kier alpha value is -1.07. The lowest BCUT2D eigenvalue weighted by atomic mass is 10.1. The van der Waals surface area contributed by atoms with E-state index >= 15 is 0 Å². The van der Waals surface area contributed by atoms with Crippen molar-refractivity contribution < 1.29 is 9.32 Å². The molecule has 1 aromatic heterocycles. The molecule has 3 N–H and O–H groups in total. The summed E-state index contributed by atoms with van der Waals surface area (Å²) in [6, 6.07) is 0.128. The Morgan fingerprint density at radius 2 is 2.22 bits per heavy atom. The van der Waals surface area contributed by atoms with E-state index < -0.39 is 0 Å². The van der Waals surface area contributed by atoms with Crippen molar-refractivity contribution >= 4 is 18.3 Å². The van der Waals surface area contributed by atoms with E-state index in [4.69, 9.17) is 10.3 Å². The fraction of sp³-hybridized carbons (Fsp3) is 0.667. The van der Waals surface area contributed by atoms with Gasteiger partial charge in [0.05, 0.1) is 12.1 Å². The van der Waals surface area contributed by atoms with Crippen molar-refractivity contribution in [1.82, 2.24) is 10.5 Å². The third-order valence-corrected chi connectivity index (χ3v) is 3.31. The number of nitrogens with one attached hydrogen (secondary N) is 1. The number of carbonyl (C=O) groups is 1. The van der Waals surface area contributed by atoms with Crippen LogP contribution in [0.5, 0.6) is 0 Å². The Kier molecular flexibility index (Phi) is 5.16. The number of rotatable bonds is 5. The van der Waals surface area contributed by atoms with Crippen LogP contribution < -0.4 is 11.1 Å². The first-order valence-electron chi connectivity index (χ1n) is 6.03. The van der Waals surface area contributed by atoms with Crippen molar-refractivity contribution in [3.8, 4) is 0 Å². The number of carbonyl (C=O) groups excluding carboxylic acids is 1. The Morgan fingerprint density at radius 1 is 1.56 bits per heavy atom. The largest absolute Gasteiger partial charge is 0.361 e. The minimum absolute atomic E-state index is 0. The van der Waals surface area contributed by atoms with E-state index in [-0.39, 0.29) is 24.4 Å². The van der Waals surface area contributed by atoms with Crippen LogP contribution >= 0.6 is 12.4 Å². The van der Waals surface area contributed by atoms with Crippen LogP contribution in [0.2, 0.25) is 0 Å². The highest BCUT2D eigenvalue weighted by molar-refractivity contribution is 5.85. The first-order valence-corrected chi connectivity index (χ1v) is 6.03. The van der Waals surface area contributed by atoms with Crippen LogP contribution in [0, 0.1) is 19.8 Å². The van der Waals surface area contributed by atoms with Gasteiger partial charge in [-0.1, -0.05) is 5.16 Å². The van der Waals surface area contributed by atoms with Crippen LogP contribution in [0.1, 0.15) is 29.9 Å². The number of hydrogen-bond acceptors (Lipinski definition) is 4. The quantitative estimate of drug-likeness (QED) is 0.842. The topological polar surface area (TPSA) is 81.2 Å². The van der Waals surface area contributed by atoms with Gasteiger partial charge in [-0.15, -0.1) is 12.4 Å². The van der Waals surface area contributed by atoms with E-state index in [1.54, 1.807) is 0 Å².